The third kappa shape index (κ3) is 6.48. The average Bonchev–Trinajstić information content (AvgIpc) is 2.22. The molecule has 0 radical (unpaired) electrons. The molecule has 0 aromatic carbocycles. The Labute approximate surface area is 98.6 Å². The van der Waals surface area contributed by atoms with Gasteiger partial charge >= 0.3 is 6.18 Å². The molecular formula is C10H19F3N2O2. The van der Waals surface area contributed by atoms with Gasteiger partial charge < -0.3 is 15.7 Å². The fourth-order valence-electron chi connectivity index (χ4n) is 1.55. The zero-order valence-corrected chi connectivity index (χ0v) is 9.83. The molecule has 4 nitrogen and oxygen atoms in total. The number of amides is 1. The van der Waals surface area contributed by atoms with Gasteiger partial charge in [-0.3, -0.25) is 4.79 Å². The van der Waals surface area contributed by atoms with E-state index in [2.05, 4.69) is 0 Å². The molecule has 1 atom stereocenters. The lowest BCUT2D eigenvalue weighted by molar-refractivity contribution is -0.164. The Balaban J connectivity index is 4.61. The molecule has 0 aliphatic carbocycles. The Morgan fingerprint density at radius 2 is 2.06 bits per heavy atom. The quantitative estimate of drug-likeness (QED) is 0.706. The second kappa shape index (κ2) is 7.50. The summed E-state index contributed by atoms with van der Waals surface area (Å²) in [5.41, 5.74) is 5.37. The minimum atomic E-state index is -4.46. The molecule has 0 rings (SSSR count). The number of rotatable bonds is 7. The second-order valence-electron chi connectivity index (χ2n) is 3.82. The standard InChI is InChI=1S/C10H19F3N2O2/c1-2-3-8(6-14)9(17)15(4-5-16)7-10(11,12)13/h8,16H,2-7,14H2,1H3. The molecule has 0 aliphatic rings. The summed E-state index contributed by atoms with van der Waals surface area (Å²) in [6, 6.07) is 0. The third-order valence-electron chi connectivity index (χ3n) is 2.32. The molecule has 17 heavy (non-hydrogen) atoms. The highest BCUT2D eigenvalue weighted by Crippen LogP contribution is 2.18. The van der Waals surface area contributed by atoms with Crippen LogP contribution in [0.5, 0.6) is 0 Å². The van der Waals surface area contributed by atoms with Gasteiger partial charge in [-0.2, -0.15) is 13.2 Å². The van der Waals surface area contributed by atoms with Gasteiger partial charge in [-0.25, -0.2) is 0 Å². The van der Waals surface area contributed by atoms with Crippen molar-refractivity contribution in [2.24, 2.45) is 11.7 Å². The van der Waals surface area contributed by atoms with E-state index in [1.165, 1.54) is 0 Å². The van der Waals surface area contributed by atoms with Crippen LogP contribution < -0.4 is 5.73 Å². The highest BCUT2D eigenvalue weighted by atomic mass is 19.4. The van der Waals surface area contributed by atoms with E-state index in [1.807, 2.05) is 6.92 Å². The molecule has 102 valence electrons. The predicted molar refractivity (Wildman–Crippen MR) is 57.2 cm³/mol. The van der Waals surface area contributed by atoms with E-state index < -0.39 is 31.2 Å². The zero-order chi connectivity index (χ0) is 13.5. The number of hydrogen-bond acceptors (Lipinski definition) is 3. The lowest BCUT2D eigenvalue weighted by Crippen LogP contribution is -2.45. The molecular weight excluding hydrogens is 237 g/mol. The van der Waals surface area contributed by atoms with Gasteiger partial charge in [-0.1, -0.05) is 13.3 Å². The first-order valence-corrected chi connectivity index (χ1v) is 5.52. The van der Waals surface area contributed by atoms with Crippen LogP contribution in [0.25, 0.3) is 0 Å². The number of halogens is 3. The minimum Gasteiger partial charge on any atom is -0.395 e. The van der Waals surface area contributed by atoms with Gasteiger partial charge in [0.1, 0.15) is 6.54 Å². The van der Waals surface area contributed by atoms with Crippen molar-refractivity contribution in [3.05, 3.63) is 0 Å². The van der Waals surface area contributed by atoms with Crippen LogP contribution in [0.4, 0.5) is 13.2 Å². The Bertz CT molecular complexity index is 234. The maximum Gasteiger partial charge on any atom is 0.406 e. The maximum absolute atomic E-state index is 12.2. The van der Waals surface area contributed by atoms with Crippen molar-refractivity contribution in [3.63, 3.8) is 0 Å². The molecule has 1 unspecified atom stereocenters. The average molecular weight is 256 g/mol. The SMILES string of the molecule is CCCC(CN)C(=O)N(CCO)CC(F)(F)F. The number of aliphatic hydroxyl groups is 1. The van der Waals surface area contributed by atoms with Crippen molar-refractivity contribution in [2.45, 2.75) is 25.9 Å². The molecule has 0 aromatic rings. The van der Waals surface area contributed by atoms with Crippen molar-refractivity contribution >= 4 is 5.91 Å². The van der Waals surface area contributed by atoms with E-state index >= 15 is 0 Å². The van der Waals surface area contributed by atoms with Crippen LogP contribution in [0.2, 0.25) is 0 Å². The van der Waals surface area contributed by atoms with Crippen molar-refractivity contribution in [2.75, 3.05) is 26.2 Å². The first-order chi connectivity index (χ1) is 7.85. The van der Waals surface area contributed by atoms with Crippen molar-refractivity contribution in [1.82, 2.24) is 4.90 Å². The van der Waals surface area contributed by atoms with E-state index in [0.29, 0.717) is 17.7 Å². The molecule has 0 bridgehead atoms. The van der Waals surface area contributed by atoms with E-state index in [-0.39, 0.29) is 13.1 Å². The summed E-state index contributed by atoms with van der Waals surface area (Å²) < 4.78 is 36.7. The summed E-state index contributed by atoms with van der Waals surface area (Å²) in [4.78, 5) is 12.4. The summed E-state index contributed by atoms with van der Waals surface area (Å²) in [6.07, 6.45) is -3.34. The third-order valence-corrected chi connectivity index (χ3v) is 2.32. The van der Waals surface area contributed by atoms with Crippen molar-refractivity contribution in [1.29, 1.82) is 0 Å². The molecule has 0 aromatic heterocycles. The maximum atomic E-state index is 12.2. The fraction of sp³-hybridized carbons (Fsp3) is 0.900. The number of carbonyl (C=O) groups excluding carboxylic acids is 1. The van der Waals surface area contributed by atoms with Crippen LogP contribution in [0.15, 0.2) is 0 Å². The van der Waals surface area contributed by atoms with Gasteiger partial charge in [0.2, 0.25) is 5.91 Å². The van der Waals surface area contributed by atoms with Gasteiger partial charge in [-0.15, -0.1) is 0 Å². The first-order valence-electron chi connectivity index (χ1n) is 5.52. The number of hydrogen-bond donors (Lipinski definition) is 2. The minimum absolute atomic E-state index is 0.0203. The summed E-state index contributed by atoms with van der Waals surface area (Å²) in [6.45, 7) is -0.307. The monoisotopic (exact) mass is 256 g/mol. The van der Waals surface area contributed by atoms with Crippen molar-refractivity contribution in [3.8, 4) is 0 Å². The molecule has 0 saturated heterocycles. The molecule has 0 spiro atoms. The topological polar surface area (TPSA) is 66.6 Å². The Hall–Kier alpha value is -0.820. The molecule has 0 heterocycles. The molecule has 7 heteroatoms. The largest absolute Gasteiger partial charge is 0.406 e. The summed E-state index contributed by atoms with van der Waals surface area (Å²) >= 11 is 0. The zero-order valence-electron chi connectivity index (χ0n) is 9.83. The van der Waals surface area contributed by atoms with Crippen molar-refractivity contribution < 1.29 is 23.1 Å². The molecule has 3 N–H and O–H groups in total. The Morgan fingerprint density at radius 3 is 2.41 bits per heavy atom. The number of carbonyl (C=O) groups is 1. The number of aliphatic hydroxyl groups excluding tert-OH is 1. The Morgan fingerprint density at radius 1 is 1.47 bits per heavy atom. The van der Waals surface area contributed by atoms with E-state index in [1.54, 1.807) is 0 Å². The molecule has 0 aliphatic heterocycles. The highest BCUT2D eigenvalue weighted by molar-refractivity contribution is 5.79. The van der Waals surface area contributed by atoms with Crippen LogP contribution in [-0.2, 0) is 4.79 Å². The normalized spacial score (nSPS) is 13.5. The molecule has 1 amide bonds. The highest BCUT2D eigenvalue weighted by Gasteiger charge is 2.34. The first kappa shape index (κ1) is 16.2. The second-order valence-corrected chi connectivity index (χ2v) is 3.82. The van der Waals surface area contributed by atoms with E-state index in [0.717, 1.165) is 0 Å². The van der Waals surface area contributed by atoms with E-state index in [9.17, 15) is 18.0 Å². The van der Waals surface area contributed by atoms with Crippen LogP contribution in [0, 0.1) is 5.92 Å². The predicted octanol–water partition coefficient (Wildman–Crippen LogP) is 0.745. The molecule has 0 fully saturated rings. The van der Waals surface area contributed by atoms with Gasteiger partial charge in [0.15, 0.2) is 0 Å². The van der Waals surface area contributed by atoms with Crippen LogP contribution >= 0.6 is 0 Å². The summed E-state index contributed by atoms with van der Waals surface area (Å²) in [7, 11) is 0. The summed E-state index contributed by atoms with van der Waals surface area (Å²) in [5.74, 6) is -1.24. The lowest BCUT2D eigenvalue weighted by Gasteiger charge is -2.27. The van der Waals surface area contributed by atoms with Gasteiger partial charge in [0.25, 0.3) is 0 Å². The van der Waals surface area contributed by atoms with Crippen LogP contribution in [-0.4, -0.2) is 48.3 Å². The molecule has 0 saturated carbocycles. The van der Waals surface area contributed by atoms with Gasteiger partial charge in [0, 0.05) is 13.1 Å². The lowest BCUT2D eigenvalue weighted by atomic mass is 10.0. The summed E-state index contributed by atoms with van der Waals surface area (Å²) in [5, 5.41) is 8.67. The Kier molecular flexibility index (Phi) is 7.13. The van der Waals surface area contributed by atoms with Gasteiger partial charge in [0.05, 0.1) is 12.5 Å². The number of nitrogens with zero attached hydrogens (tertiary/aromatic N) is 1. The van der Waals surface area contributed by atoms with Gasteiger partial charge in [-0.05, 0) is 6.42 Å². The fourth-order valence-corrected chi connectivity index (χ4v) is 1.55. The number of nitrogens with two attached hydrogens (primary N) is 1. The number of alkyl halides is 3. The van der Waals surface area contributed by atoms with E-state index in [4.69, 9.17) is 10.8 Å². The smallest absolute Gasteiger partial charge is 0.395 e. The van der Waals surface area contributed by atoms with Crippen LogP contribution in [0.1, 0.15) is 19.8 Å². The van der Waals surface area contributed by atoms with Crippen LogP contribution in [0.3, 0.4) is 0 Å².